The Morgan fingerprint density at radius 3 is 2.40 bits per heavy atom. The number of rotatable bonds is 6. The van der Waals surface area contributed by atoms with Gasteiger partial charge in [-0.1, -0.05) is 50.5 Å². The van der Waals surface area contributed by atoms with Crippen molar-refractivity contribution in [2.24, 2.45) is 0 Å². The molecule has 0 radical (unpaired) electrons. The average molecular weight is 541 g/mol. The molecular formula is C33H40N4O3. The van der Waals surface area contributed by atoms with Crippen LogP contribution in [0.3, 0.4) is 0 Å². The third-order valence-corrected chi connectivity index (χ3v) is 9.15. The maximum atomic E-state index is 13.7. The largest absolute Gasteiger partial charge is 0.478 e. The van der Waals surface area contributed by atoms with Crippen LogP contribution in [0.5, 0.6) is 0 Å². The zero-order valence-corrected chi connectivity index (χ0v) is 24.2. The number of amides is 1. The van der Waals surface area contributed by atoms with Gasteiger partial charge in [0.1, 0.15) is 5.69 Å². The Hall–Kier alpha value is -3.58. The molecular weight excluding hydrogens is 500 g/mol. The van der Waals surface area contributed by atoms with Crippen molar-refractivity contribution in [3.05, 3.63) is 58.8 Å². The number of carbonyl (C=O) groups is 2. The summed E-state index contributed by atoms with van der Waals surface area (Å²) in [6, 6.07) is 12.2. The van der Waals surface area contributed by atoms with Crippen molar-refractivity contribution in [1.82, 2.24) is 18.9 Å². The first-order chi connectivity index (χ1) is 19.3. The summed E-state index contributed by atoms with van der Waals surface area (Å²) in [7, 11) is 5.78. The third kappa shape index (κ3) is 4.22. The van der Waals surface area contributed by atoms with E-state index >= 15 is 0 Å². The molecule has 7 nitrogen and oxygen atoms in total. The van der Waals surface area contributed by atoms with Gasteiger partial charge in [0.2, 0.25) is 0 Å². The minimum Gasteiger partial charge on any atom is -0.478 e. The van der Waals surface area contributed by atoms with Gasteiger partial charge in [-0.3, -0.25) is 4.79 Å². The summed E-state index contributed by atoms with van der Waals surface area (Å²) in [5, 5.41) is 12.1. The summed E-state index contributed by atoms with van der Waals surface area (Å²) in [6.45, 7) is 5.25. The lowest BCUT2D eigenvalue weighted by Crippen LogP contribution is -2.28. The van der Waals surface area contributed by atoms with Gasteiger partial charge in [-0.05, 0) is 56.5 Å². The molecule has 1 fully saturated rings. The van der Waals surface area contributed by atoms with Gasteiger partial charge < -0.3 is 24.0 Å². The number of aryl methyl sites for hydroxylation is 2. The molecule has 0 spiro atoms. The number of aromatic nitrogens is 2. The summed E-state index contributed by atoms with van der Waals surface area (Å²) in [6.07, 6.45) is 6.88. The Morgan fingerprint density at radius 2 is 1.70 bits per heavy atom. The fourth-order valence-corrected chi connectivity index (χ4v) is 7.12. The van der Waals surface area contributed by atoms with E-state index in [9.17, 15) is 14.7 Å². The van der Waals surface area contributed by atoms with Crippen LogP contribution < -0.4 is 0 Å². The summed E-state index contributed by atoms with van der Waals surface area (Å²) in [5.74, 6) is -0.411. The van der Waals surface area contributed by atoms with Crippen LogP contribution in [-0.4, -0.2) is 63.6 Å². The number of carboxylic acid groups (broad SMARTS) is 1. The second-order valence-electron chi connectivity index (χ2n) is 11.9. The second kappa shape index (κ2) is 10.4. The van der Waals surface area contributed by atoms with Crippen LogP contribution in [-0.2, 0) is 19.6 Å². The Bertz CT molecular complexity index is 1620. The molecule has 7 heteroatoms. The van der Waals surface area contributed by atoms with E-state index in [0.29, 0.717) is 18.0 Å². The molecule has 1 N–H and O–H groups in total. The molecule has 40 heavy (non-hydrogen) atoms. The average Bonchev–Trinajstić information content (AvgIpc) is 3.43. The van der Waals surface area contributed by atoms with E-state index in [0.717, 1.165) is 72.1 Å². The lowest BCUT2D eigenvalue weighted by Gasteiger charge is -2.25. The lowest BCUT2D eigenvalue weighted by atomic mass is 9.81. The predicted molar refractivity (Wildman–Crippen MR) is 160 cm³/mol. The normalized spacial score (nSPS) is 15.8. The van der Waals surface area contributed by atoms with E-state index in [-0.39, 0.29) is 5.91 Å². The van der Waals surface area contributed by atoms with Crippen molar-refractivity contribution >= 4 is 33.7 Å². The zero-order valence-electron chi connectivity index (χ0n) is 24.2. The van der Waals surface area contributed by atoms with Crippen LogP contribution in [0.4, 0.5) is 0 Å². The first-order valence-corrected chi connectivity index (χ1v) is 14.8. The minimum atomic E-state index is -0.894. The highest BCUT2D eigenvalue weighted by molar-refractivity contribution is 6.08. The number of hydrogen-bond donors (Lipinski definition) is 1. The van der Waals surface area contributed by atoms with Gasteiger partial charge >= 0.3 is 5.97 Å². The molecule has 0 atom stereocenters. The number of hydrogen-bond acceptors (Lipinski definition) is 3. The molecule has 1 amide bonds. The topological polar surface area (TPSA) is 70.7 Å². The van der Waals surface area contributed by atoms with Gasteiger partial charge in [0.15, 0.2) is 0 Å². The fraction of sp³-hybridized carbons (Fsp3) is 0.455. The summed E-state index contributed by atoms with van der Waals surface area (Å²) < 4.78 is 4.68. The van der Waals surface area contributed by atoms with Crippen LogP contribution in [0.15, 0.2) is 36.4 Å². The molecule has 0 saturated heterocycles. The monoisotopic (exact) mass is 540 g/mol. The summed E-state index contributed by atoms with van der Waals surface area (Å²) >= 11 is 0. The van der Waals surface area contributed by atoms with Gasteiger partial charge in [-0.2, -0.15) is 0 Å². The molecule has 2 aliphatic rings. The van der Waals surface area contributed by atoms with E-state index in [4.69, 9.17) is 0 Å². The highest BCUT2D eigenvalue weighted by atomic mass is 16.4. The smallest absolute Gasteiger partial charge is 0.335 e. The molecule has 3 heterocycles. The quantitative estimate of drug-likeness (QED) is 0.300. The Morgan fingerprint density at radius 1 is 0.950 bits per heavy atom. The van der Waals surface area contributed by atoms with E-state index in [1.807, 2.05) is 26.2 Å². The van der Waals surface area contributed by atoms with Gasteiger partial charge in [-0.25, -0.2) is 4.79 Å². The zero-order chi connectivity index (χ0) is 28.1. The van der Waals surface area contributed by atoms with E-state index in [1.165, 1.54) is 35.9 Å². The van der Waals surface area contributed by atoms with Gasteiger partial charge in [0.25, 0.3) is 5.91 Å². The van der Waals surface area contributed by atoms with E-state index in [1.54, 1.807) is 11.0 Å². The second-order valence-corrected chi connectivity index (χ2v) is 11.9. The third-order valence-electron chi connectivity index (χ3n) is 9.15. The first-order valence-electron chi connectivity index (χ1n) is 14.8. The molecule has 1 aliphatic carbocycles. The molecule has 1 saturated carbocycles. The van der Waals surface area contributed by atoms with Crippen LogP contribution >= 0.6 is 0 Å². The molecule has 4 aromatic rings. The fourth-order valence-electron chi connectivity index (χ4n) is 7.12. The highest BCUT2D eigenvalue weighted by Gasteiger charge is 2.32. The minimum absolute atomic E-state index is 0.0429. The van der Waals surface area contributed by atoms with Crippen molar-refractivity contribution in [3.8, 4) is 11.3 Å². The van der Waals surface area contributed by atoms with Crippen molar-refractivity contribution in [1.29, 1.82) is 0 Å². The predicted octanol–water partition coefficient (Wildman–Crippen LogP) is 6.57. The highest BCUT2D eigenvalue weighted by Crippen LogP contribution is 2.47. The number of carboxylic acids is 1. The summed E-state index contributed by atoms with van der Waals surface area (Å²) in [5.41, 5.74) is 8.10. The molecule has 0 bridgehead atoms. The maximum Gasteiger partial charge on any atom is 0.335 e. The number of carbonyl (C=O) groups excluding carboxylic acids is 1. The molecule has 2 aromatic heterocycles. The number of fused-ring (bicyclic) bond motifs is 4. The Balaban J connectivity index is 1.72. The molecule has 210 valence electrons. The molecule has 2 aromatic carbocycles. The molecule has 0 unspecified atom stereocenters. The molecule has 1 aliphatic heterocycles. The van der Waals surface area contributed by atoms with Gasteiger partial charge in [0.05, 0.1) is 16.8 Å². The maximum absolute atomic E-state index is 13.7. The van der Waals surface area contributed by atoms with Crippen molar-refractivity contribution in [2.75, 3.05) is 27.7 Å². The van der Waals surface area contributed by atoms with Gasteiger partial charge in [0, 0.05) is 61.1 Å². The molecule has 6 rings (SSSR count). The number of para-hydroxylation sites is 1. The van der Waals surface area contributed by atoms with Crippen LogP contribution in [0.25, 0.3) is 33.1 Å². The Kier molecular flexibility index (Phi) is 6.95. The standard InChI is InChI=1S/C33H40N4O3/c1-5-35(4)20-26-23-13-9-14-25-29(23)37(31(26)32(38)34(2)3)18-10-17-36-27-19-22(33(39)40)15-16-24(27)28(30(25)36)21-11-7-6-8-12-21/h9,13-16,19,21H,5-8,10-12,17-18,20H2,1-4H3,(H,39,40). The van der Waals surface area contributed by atoms with Gasteiger partial charge in [-0.15, -0.1) is 0 Å². The van der Waals surface area contributed by atoms with Crippen LogP contribution in [0.2, 0.25) is 0 Å². The van der Waals surface area contributed by atoms with E-state index < -0.39 is 5.97 Å². The van der Waals surface area contributed by atoms with Crippen molar-refractivity contribution < 1.29 is 14.7 Å². The lowest BCUT2D eigenvalue weighted by molar-refractivity contribution is 0.0696. The summed E-state index contributed by atoms with van der Waals surface area (Å²) in [4.78, 5) is 29.7. The number of benzene rings is 2. The van der Waals surface area contributed by atoms with E-state index in [2.05, 4.69) is 46.2 Å². The van der Waals surface area contributed by atoms with Crippen LogP contribution in [0.1, 0.15) is 83.3 Å². The van der Waals surface area contributed by atoms with Crippen LogP contribution in [0, 0.1) is 0 Å². The van der Waals surface area contributed by atoms with Crippen molar-refractivity contribution in [2.45, 2.75) is 71.0 Å². The number of aromatic carboxylic acids is 1. The SMILES string of the molecule is CCN(C)Cc1c(C(=O)N(C)C)n2c3c(cccc13)-c1c(C3CCCCC3)c3ccc(C(=O)O)cc3n1CCC2. The van der Waals surface area contributed by atoms with Crippen molar-refractivity contribution in [3.63, 3.8) is 0 Å². The Labute approximate surface area is 236 Å². The first kappa shape index (κ1) is 26.6. The number of nitrogens with zero attached hydrogens (tertiary/aromatic N) is 4.